The first-order chi connectivity index (χ1) is 10.0. The Morgan fingerprint density at radius 2 is 2.19 bits per heavy atom. The van der Waals surface area contributed by atoms with Gasteiger partial charge < -0.3 is 15.0 Å². The second kappa shape index (κ2) is 6.80. The third-order valence-electron chi connectivity index (χ3n) is 2.61. The largest absolute Gasteiger partial charge is 0.481 e. The Morgan fingerprint density at radius 3 is 2.90 bits per heavy atom. The molecule has 2 heterocycles. The van der Waals surface area contributed by atoms with Gasteiger partial charge in [-0.25, -0.2) is 4.98 Å². The lowest BCUT2D eigenvalue weighted by atomic mass is 10.3. The Labute approximate surface area is 123 Å². The van der Waals surface area contributed by atoms with E-state index in [2.05, 4.69) is 10.3 Å². The van der Waals surface area contributed by atoms with Gasteiger partial charge in [0.05, 0.1) is 12.1 Å². The summed E-state index contributed by atoms with van der Waals surface area (Å²) in [7, 11) is 0. The number of rotatable bonds is 6. The highest BCUT2D eigenvalue weighted by Gasteiger charge is 2.09. The molecule has 0 spiro atoms. The Kier molecular flexibility index (Phi) is 4.83. The average molecular weight is 307 g/mol. The molecule has 0 aliphatic heterocycles. The van der Waals surface area contributed by atoms with E-state index in [4.69, 9.17) is 5.11 Å². The third-order valence-corrected chi connectivity index (χ3v) is 3.42. The van der Waals surface area contributed by atoms with Crippen molar-refractivity contribution in [3.05, 3.63) is 45.8 Å². The number of carbonyl (C=O) groups is 2. The summed E-state index contributed by atoms with van der Waals surface area (Å²) in [6.07, 6.45) is 1.58. The number of carbonyl (C=O) groups excluding carboxylic acids is 1. The number of carboxylic acids is 1. The van der Waals surface area contributed by atoms with Gasteiger partial charge in [-0.15, -0.1) is 11.3 Å². The fraction of sp³-hybridized carbons (Fsp3) is 0.231. The van der Waals surface area contributed by atoms with E-state index in [1.54, 1.807) is 23.7 Å². The van der Waals surface area contributed by atoms with Crippen LogP contribution in [0.15, 0.2) is 34.6 Å². The lowest BCUT2D eigenvalue weighted by molar-refractivity contribution is -0.136. The highest BCUT2D eigenvalue weighted by molar-refractivity contribution is 7.13. The summed E-state index contributed by atoms with van der Waals surface area (Å²) in [6.45, 7) is 0.277. The lowest BCUT2D eigenvalue weighted by Gasteiger charge is -2.04. The smallest absolute Gasteiger partial charge is 0.309 e. The van der Waals surface area contributed by atoms with Gasteiger partial charge in [0.15, 0.2) is 5.13 Å². The molecular formula is C13H13N3O4S. The number of nitrogens with zero attached hydrogens (tertiary/aromatic N) is 2. The normalized spacial score (nSPS) is 10.3. The van der Waals surface area contributed by atoms with E-state index in [1.807, 2.05) is 0 Å². The summed E-state index contributed by atoms with van der Waals surface area (Å²) >= 11 is 1.17. The van der Waals surface area contributed by atoms with E-state index in [9.17, 15) is 14.4 Å². The van der Waals surface area contributed by atoms with Crippen molar-refractivity contribution in [2.24, 2.45) is 0 Å². The van der Waals surface area contributed by atoms with Crippen molar-refractivity contribution in [1.29, 1.82) is 0 Å². The fourth-order valence-electron chi connectivity index (χ4n) is 1.65. The molecule has 2 N–H and O–H groups in total. The average Bonchev–Trinajstić information content (AvgIpc) is 2.84. The zero-order valence-electron chi connectivity index (χ0n) is 11.0. The molecule has 1 amide bonds. The van der Waals surface area contributed by atoms with Crippen LogP contribution in [0.4, 0.5) is 5.13 Å². The summed E-state index contributed by atoms with van der Waals surface area (Å²) in [6, 6.07) is 4.79. The van der Waals surface area contributed by atoms with Crippen LogP contribution >= 0.6 is 11.3 Å². The number of anilines is 1. The standard InChI is InChI=1S/C13H13N3O4S/c17-10(4-6-16-5-2-1-3-11(16)18)15-13-14-9(8-21-13)7-12(19)20/h1-3,5,8H,4,6-7H2,(H,19,20)(H,14,15,17). The van der Waals surface area contributed by atoms with Crippen LogP contribution in [-0.4, -0.2) is 26.5 Å². The number of nitrogens with one attached hydrogen (secondary N) is 1. The maximum Gasteiger partial charge on any atom is 0.309 e. The van der Waals surface area contributed by atoms with Gasteiger partial charge in [0.25, 0.3) is 5.56 Å². The molecule has 2 rings (SSSR count). The predicted octanol–water partition coefficient (Wildman–Crippen LogP) is 0.961. The first-order valence-corrected chi connectivity index (χ1v) is 7.04. The monoisotopic (exact) mass is 307 g/mol. The maximum atomic E-state index is 11.8. The van der Waals surface area contributed by atoms with Gasteiger partial charge in [0.1, 0.15) is 0 Å². The van der Waals surface area contributed by atoms with Gasteiger partial charge >= 0.3 is 5.97 Å². The molecular weight excluding hydrogens is 294 g/mol. The molecule has 2 aromatic heterocycles. The molecule has 0 aliphatic rings. The van der Waals surface area contributed by atoms with E-state index < -0.39 is 5.97 Å². The molecule has 0 bridgehead atoms. The SMILES string of the molecule is O=C(O)Cc1csc(NC(=O)CCn2ccccc2=O)n1. The van der Waals surface area contributed by atoms with Crippen molar-refractivity contribution in [2.75, 3.05) is 5.32 Å². The Bertz CT molecular complexity index is 707. The third kappa shape index (κ3) is 4.53. The molecule has 110 valence electrons. The second-order valence-electron chi connectivity index (χ2n) is 4.24. The molecule has 0 saturated heterocycles. The number of aromatic nitrogens is 2. The van der Waals surface area contributed by atoms with Gasteiger partial charge in [-0.05, 0) is 6.07 Å². The van der Waals surface area contributed by atoms with E-state index in [0.29, 0.717) is 10.8 Å². The van der Waals surface area contributed by atoms with Crippen molar-refractivity contribution < 1.29 is 14.7 Å². The van der Waals surface area contributed by atoms with Crippen molar-refractivity contribution in [1.82, 2.24) is 9.55 Å². The predicted molar refractivity (Wildman–Crippen MR) is 77.4 cm³/mol. The Morgan fingerprint density at radius 1 is 1.38 bits per heavy atom. The van der Waals surface area contributed by atoms with Crippen LogP contribution in [0.5, 0.6) is 0 Å². The number of aryl methyl sites for hydroxylation is 1. The second-order valence-corrected chi connectivity index (χ2v) is 5.10. The van der Waals surface area contributed by atoms with Crippen molar-refractivity contribution in [3.63, 3.8) is 0 Å². The molecule has 0 atom stereocenters. The molecule has 2 aromatic rings. The van der Waals surface area contributed by atoms with Crippen LogP contribution in [0.2, 0.25) is 0 Å². The molecule has 0 radical (unpaired) electrons. The minimum absolute atomic E-state index is 0.137. The topological polar surface area (TPSA) is 101 Å². The molecule has 8 heteroatoms. The van der Waals surface area contributed by atoms with Gasteiger partial charge in [0, 0.05) is 30.6 Å². The summed E-state index contributed by atoms with van der Waals surface area (Å²) in [5, 5.41) is 13.2. The number of hydrogen-bond acceptors (Lipinski definition) is 5. The number of aliphatic carboxylic acids is 1. The number of amides is 1. The van der Waals surface area contributed by atoms with Crippen LogP contribution in [-0.2, 0) is 22.6 Å². The fourth-order valence-corrected chi connectivity index (χ4v) is 2.38. The van der Waals surface area contributed by atoms with Crippen LogP contribution in [0, 0.1) is 0 Å². The summed E-state index contributed by atoms with van der Waals surface area (Å²) < 4.78 is 1.44. The number of pyridine rings is 1. The molecule has 0 aliphatic carbocycles. The number of thiazole rings is 1. The molecule has 0 unspecified atom stereocenters. The van der Waals surface area contributed by atoms with Crippen LogP contribution < -0.4 is 10.9 Å². The lowest BCUT2D eigenvalue weighted by Crippen LogP contribution is -2.21. The molecule has 21 heavy (non-hydrogen) atoms. The summed E-state index contributed by atoms with van der Waals surface area (Å²) in [5.74, 6) is -1.25. The molecule has 7 nitrogen and oxygen atoms in total. The first-order valence-electron chi connectivity index (χ1n) is 6.16. The molecule has 0 saturated carbocycles. The van der Waals surface area contributed by atoms with Gasteiger partial charge in [-0.2, -0.15) is 0 Å². The van der Waals surface area contributed by atoms with E-state index >= 15 is 0 Å². The van der Waals surface area contributed by atoms with E-state index in [1.165, 1.54) is 22.0 Å². The maximum absolute atomic E-state index is 11.8. The van der Waals surface area contributed by atoms with Crippen molar-refractivity contribution >= 4 is 28.3 Å². The van der Waals surface area contributed by atoms with Gasteiger partial charge in [0.2, 0.25) is 5.91 Å². The van der Waals surface area contributed by atoms with Crippen molar-refractivity contribution in [2.45, 2.75) is 19.4 Å². The molecule has 0 aromatic carbocycles. The Hall–Kier alpha value is -2.48. The number of carboxylic acid groups (broad SMARTS) is 1. The van der Waals surface area contributed by atoms with Crippen molar-refractivity contribution in [3.8, 4) is 0 Å². The summed E-state index contributed by atoms with van der Waals surface area (Å²) in [5.41, 5.74) is 0.241. The van der Waals surface area contributed by atoms with E-state index in [0.717, 1.165) is 0 Å². The highest BCUT2D eigenvalue weighted by Crippen LogP contribution is 2.16. The Balaban J connectivity index is 1.87. The minimum Gasteiger partial charge on any atom is -0.481 e. The van der Waals surface area contributed by atoms with Gasteiger partial charge in [-0.1, -0.05) is 6.07 Å². The zero-order valence-corrected chi connectivity index (χ0v) is 11.8. The van der Waals surface area contributed by atoms with Crippen LogP contribution in [0.25, 0.3) is 0 Å². The minimum atomic E-state index is -0.971. The zero-order chi connectivity index (χ0) is 15.2. The van der Waals surface area contributed by atoms with Gasteiger partial charge in [-0.3, -0.25) is 14.4 Å². The molecule has 0 fully saturated rings. The number of hydrogen-bond donors (Lipinski definition) is 2. The summed E-state index contributed by atoms with van der Waals surface area (Å²) in [4.78, 5) is 37.8. The quantitative estimate of drug-likeness (QED) is 0.827. The highest BCUT2D eigenvalue weighted by atomic mass is 32.1. The van der Waals surface area contributed by atoms with Crippen LogP contribution in [0.3, 0.4) is 0 Å². The van der Waals surface area contributed by atoms with Crippen LogP contribution in [0.1, 0.15) is 12.1 Å². The van der Waals surface area contributed by atoms with E-state index in [-0.39, 0.29) is 30.9 Å². The first kappa shape index (κ1) is 14.9.